The molecule has 0 aliphatic rings. The largest absolute Gasteiger partial charge is 0.330 e. The Hall–Kier alpha value is -0.380. The van der Waals surface area contributed by atoms with Gasteiger partial charge in [-0.3, -0.25) is 0 Å². The van der Waals surface area contributed by atoms with Crippen molar-refractivity contribution in [1.82, 2.24) is 4.90 Å². The highest BCUT2D eigenvalue weighted by Gasteiger charge is 1.92. The molecule has 0 saturated carbocycles. The summed E-state index contributed by atoms with van der Waals surface area (Å²) >= 11 is 0. The highest BCUT2D eigenvalue weighted by atomic mass is 15.1. The third-order valence-corrected chi connectivity index (χ3v) is 0.942. The van der Waals surface area contributed by atoms with Gasteiger partial charge in [0.05, 0.1) is 0 Å². The molecule has 0 heterocycles. The molecule has 4 N–H and O–H groups in total. The predicted molar refractivity (Wildman–Crippen MR) is 67.4 cm³/mol. The van der Waals surface area contributed by atoms with E-state index in [1.807, 2.05) is 27.9 Å². The van der Waals surface area contributed by atoms with Gasteiger partial charge in [0.15, 0.2) is 0 Å². The number of nitrogens with two attached hydrogens (primary N) is 2. The molecule has 1 atom stereocenters. The van der Waals surface area contributed by atoms with E-state index in [1.165, 1.54) is 0 Å². The summed E-state index contributed by atoms with van der Waals surface area (Å²) < 4.78 is 0. The summed E-state index contributed by atoms with van der Waals surface area (Å²) in [6.45, 7) is 11.1. The fourth-order valence-corrected chi connectivity index (χ4v) is 0.576. The average Bonchev–Trinajstić information content (AvgIpc) is 2.04. The zero-order valence-electron chi connectivity index (χ0n) is 10.6. The average molecular weight is 203 g/mol. The zero-order valence-corrected chi connectivity index (χ0v) is 10.6. The molecule has 14 heavy (non-hydrogen) atoms. The van der Waals surface area contributed by atoms with Crippen LogP contribution in [0.25, 0.3) is 0 Å². The first-order valence-corrected chi connectivity index (χ1v) is 5.13. The van der Waals surface area contributed by atoms with E-state index in [4.69, 9.17) is 11.5 Å². The summed E-state index contributed by atoms with van der Waals surface area (Å²) in [5.41, 5.74) is 10.5. The molecule has 0 amide bonds. The maximum Gasteiger partial charge on any atom is 0.0138 e. The summed E-state index contributed by atoms with van der Waals surface area (Å²) in [5.74, 6) is 0. The SMILES string of the molecule is C=CC.CC(N)CN(C)C.CCCN. The molecular formula is C11H29N3. The van der Waals surface area contributed by atoms with Crippen molar-refractivity contribution in [2.45, 2.75) is 33.2 Å². The highest BCUT2D eigenvalue weighted by Crippen LogP contribution is 1.76. The molecule has 0 aromatic rings. The number of likely N-dealkylation sites (N-methyl/N-ethyl adjacent to an activating group) is 1. The van der Waals surface area contributed by atoms with Gasteiger partial charge in [0.25, 0.3) is 0 Å². The Morgan fingerprint density at radius 1 is 1.43 bits per heavy atom. The maximum absolute atomic E-state index is 5.45. The molecular weight excluding hydrogens is 174 g/mol. The molecule has 0 spiro atoms. The van der Waals surface area contributed by atoms with E-state index >= 15 is 0 Å². The molecule has 3 nitrogen and oxygen atoms in total. The quantitative estimate of drug-likeness (QED) is 0.683. The third kappa shape index (κ3) is 61.4. The van der Waals surface area contributed by atoms with E-state index in [-0.39, 0.29) is 0 Å². The normalized spacial score (nSPS) is 10.6. The van der Waals surface area contributed by atoms with E-state index in [0.29, 0.717) is 6.04 Å². The first-order chi connectivity index (χ1) is 6.45. The minimum Gasteiger partial charge on any atom is -0.330 e. The third-order valence-electron chi connectivity index (χ3n) is 0.942. The Morgan fingerprint density at radius 2 is 1.71 bits per heavy atom. The van der Waals surface area contributed by atoms with Gasteiger partial charge in [-0.15, -0.1) is 6.58 Å². The van der Waals surface area contributed by atoms with Crippen molar-refractivity contribution >= 4 is 0 Å². The summed E-state index contributed by atoms with van der Waals surface area (Å²) in [6.07, 6.45) is 2.85. The Morgan fingerprint density at radius 3 is 1.71 bits per heavy atom. The molecule has 3 heteroatoms. The van der Waals surface area contributed by atoms with Gasteiger partial charge in [-0.05, 0) is 40.9 Å². The fourth-order valence-electron chi connectivity index (χ4n) is 0.576. The second-order valence-electron chi connectivity index (χ2n) is 3.44. The Kier molecular flexibility index (Phi) is 25.3. The lowest BCUT2D eigenvalue weighted by molar-refractivity contribution is 0.383. The zero-order chi connectivity index (χ0) is 12.0. The topological polar surface area (TPSA) is 55.3 Å². The fraction of sp³-hybridized carbons (Fsp3) is 0.818. The molecule has 0 rings (SSSR count). The van der Waals surface area contributed by atoms with Crippen LogP contribution in [-0.2, 0) is 0 Å². The molecule has 0 radical (unpaired) electrons. The first kappa shape index (κ1) is 19.2. The van der Waals surface area contributed by atoms with Crippen LogP contribution < -0.4 is 11.5 Å². The first-order valence-electron chi connectivity index (χ1n) is 5.13. The van der Waals surface area contributed by atoms with Crippen LogP contribution in [0.5, 0.6) is 0 Å². The minimum absolute atomic E-state index is 0.301. The molecule has 88 valence electrons. The van der Waals surface area contributed by atoms with Crippen molar-refractivity contribution in [3.05, 3.63) is 12.7 Å². The second-order valence-corrected chi connectivity index (χ2v) is 3.44. The monoisotopic (exact) mass is 203 g/mol. The Labute approximate surface area is 90.2 Å². The van der Waals surface area contributed by atoms with Crippen molar-refractivity contribution in [2.24, 2.45) is 11.5 Å². The molecule has 1 unspecified atom stereocenters. The van der Waals surface area contributed by atoms with Crippen LogP contribution in [0, 0.1) is 0 Å². The van der Waals surface area contributed by atoms with Gasteiger partial charge in [-0.2, -0.15) is 0 Å². The van der Waals surface area contributed by atoms with E-state index in [0.717, 1.165) is 19.5 Å². The Balaban J connectivity index is -0.000000147. The van der Waals surface area contributed by atoms with Crippen LogP contribution in [0.1, 0.15) is 27.2 Å². The Bertz CT molecular complexity index is 82.5. The van der Waals surface area contributed by atoms with E-state index in [9.17, 15) is 0 Å². The van der Waals surface area contributed by atoms with Gasteiger partial charge in [0.1, 0.15) is 0 Å². The van der Waals surface area contributed by atoms with Crippen LogP contribution in [0.15, 0.2) is 12.7 Å². The smallest absolute Gasteiger partial charge is 0.0138 e. The maximum atomic E-state index is 5.45. The number of hydrogen-bond donors (Lipinski definition) is 2. The van der Waals surface area contributed by atoms with Crippen LogP contribution in [-0.4, -0.2) is 38.1 Å². The van der Waals surface area contributed by atoms with Crippen molar-refractivity contribution < 1.29 is 0 Å². The predicted octanol–water partition coefficient (Wildman–Crippen LogP) is 1.44. The van der Waals surface area contributed by atoms with Crippen molar-refractivity contribution in [2.75, 3.05) is 27.2 Å². The summed E-state index contributed by atoms with van der Waals surface area (Å²) in [6, 6.07) is 0.301. The molecule has 0 aliphatic carbocycles. The lowest BCUT2D eigenvalue weighted by Gasteiger charge is -2.11. The van der Waals surface area contributed by atoms with Gasteiger partial charge in [-0.25, -0.2) is 0 Å². The summed E-state index contributed by atoms with van der Waals surface area (Å²) in [4.78, 5) is 2.07. The number of hydrogen-bond acceptors (Lipinski definition) is 3. The van der Waals surface area contributed by atoms with E-state index < -0.39 is 0 Å². The molecule has 0 bridgehead atoms. The van der Waals surface area contributed by atoms with Gasteiger partial charge in [0, 0.05) is 12.6 Å². The van der Waals surface area contributed by atoms with Crippen molar-refractivity contribution in [3.8, 4) is 0 Å². The van der Waals surface area contributed by atoms with Crippen molar-refractivity contribution in [1.29, 1.82) is 0 Å². The number of rotatable bonds is 3. The summed E-state index contributed by atoms with van der Waals surface area (Å²) in [7, 11) is 4.03. The molecule has 0 aromatic heterocycles. The number of allylic oxidation sites excluding steroid dienone is 1. The highest BCUT2D eigenvalue weighted by molar-refractivity contribution is 4.54. The van der Waals surface area contributed by atoms with Crippen LogP contribution in [0.3, 0.4) is 0 Å². The van der Waals surface area contributed by atoms with Crippen LogP contribution in [0.4, 0.5) is 0 Å². The van der Waals surface area contributed by atoms with Gasteiger partial charge >= 0.3 is 0 Å². The lowest BCUT2D eigenvalue weighted by Crippen LogP contribution is -2.29. The van der Waals surface area contributed by atoms with Crippen LogP contribution >= 0.6 is 0 Å². The van der Waals surface area contributed by atoms with Gasteiger partial charge < -0.3 is 16.4 Å². The van der Waals surface area contributed by atoms with Gasteiger partial charge in [0.2, 0.25) is 0 Å². The molecule has 0 saturated heterocycles. The molecule has 0 aromatic carbocycles. The lowest BCUT2D eigenvalue weighted by atomic mass is 10.3. The molecule has 0 aliphatic heterocycles. The van der Waals surface area contributed by atoms with Crippen LogP contribution in [0.2, 0.25) is 0 Å². The molecule has 0 fully saturated rings. The second kappa shape index (κ2) is 18.4. The van der Waals surface area contributed by atoms with E-state index in [2.05, 4.69) is 18.4 Å². The summed E-state index contributed by atoms with van der Waals surface area (Å²) in [5, 5.41) is 0. The van der Waals surface area contributed by atoms with E-state index in [1.54, 1.807) is 6.08 Å². The minimum atomic E-state index is 0.301. The van der Waals surface area contributed by atoms with Gasteiger partial charge in [-0.1, -0.05) is 13.0 Å². The standard InChI is InChI=1S/C5H14N2.C3H9N.C3H6/c1-5(6)4-7(2)3;1-2-3-4;1-3-2/h5H,4,6H2,1-3H3;2-4H2,1H3;3H,1H2,2H3. The van der Waals surface area contributed by atoms with Crippen molar-refractivity contribution in [3.63, 3.8) is 0 Å². The number of nitrogens with zero attached hydrogens (tertiary/aromatic N) is 1.